The molecule has 1 rings (SSSR count). The SMILES string of the molecule is CCNC(=NCC(C)(C)SC)NCCC(O)(c1nccn1C)C(F)(F)F.I. The number of rotatable bonds is 8. The second kappa shape index (κ2) is 10.7. The fourth-order valence-corrected chi connectivity index (χ4v) is 2.38. The summed E-state index contributed by atoms with van der Waals surface area (Å²) in [6.07, 6.45) is -0.848. The highest BCUT2D eigenvalue weighted by Crippen LogP contribution is 2.40. The molecule has 0 aliphatic carbocycles. The average molecular weight is 523 g/mol. The van der Waals surface area contributed by atoms with Crippen molar-refractivity contribution in [3.63, 3.8) is 0 Å². The molecule has 3 N–H and O–H groups in total. The molecule has 0 amide bonds. The minimum atomic E-state index is -4.84. The summed E-state index contributed by atoms with van der Waals surface area (Å²) < 4.78 is 41.6. The fraction of sp³-hybridized carbons (Fsp3) is 0.750. The lowest BCUT2D eigenvalue weighted by Gasteiger charge is -2.30. The Hall–Kier alpha value is -0.690. The van der Waals surface area contributed by atoms with Gasteiger partial charge in [-0.15, -0.1) is 24.0 Å². The van der Waals surface area contributed by atoms with Crippen molar-refractivity contribution in [2.24, 2.45) is 12.0 Å². The van der Waals surface area contributed by atoms with Crippen molar-refractivity contribution < 1.29 is 18.3 Å². The molecule has 0 aliphatic rings. The molecule has 1 aromatic rings. The van der Waals surface area contributed by atoms with Crippen molar-refractivity contribution in [1.82, 2.24) is 20.2 Å². The average Bonchev–Trinajstić information content (AvgIpc) is 2.98. The van der Waals surface area contributed by atoms with Crippen LogP contribution in [-0.4, -0.2) is 57.4 Å². The van der Waals surface area contributed by atoms with Gasteiger partial charge < -0.3 is 20.3 Å². The summed E-state index contributed by atoms with van der Waals surface area (Å²) in [6.45, 7) is 6.91. The summed E-state index contributed by atoms with van der Waals surface area (Å²) in [5.41, 5.74) is -3.03. The number of aliphatic hydroxyl groups is 1. The smallest absolute Gasteiger partial charge is 0.374 e. The molecule has 1 unspecified atom stereocenters. The van der Waals surface area contributed by atoms with Gasteiger partial charge in [-0.25, -0.2) is 4.98 Å². The molecule has 27 heavy (non-hydrogen) atoms. The standard InChI is InChI=1S/C16H28F3N5OS.HI/c1-6-20-13(23-11-14(2,3)26-5)22-8-7-15(25,16(17,18)19)12-21-9-10-24(12)4;/h9-10,25H,6-8,11H2,1-5H3,(H2,20,22,23);1H. The van der Waals surface area contributed by atoms with E-state index in [4.69, 9.17) is 0 Å². The first kappa shape index (κ1) is 26.3. The molecular weight excluding hydrogens is 494 g/mol. The van der Waals surface area contributed by atoms with E-state index in [0.717, 1.165) is 0 Å². The van der Waals surface area contributed by atoms with Crippen molar-refractivity contribution >= 4 is 41.7 Å². The quantitative estimate of drug-likeness (QED) is 0.278. The van der Waals surface area contributed by atoms with Crippen LogP contribution in [0.15, 0.2) is 17.4 Å². The highest BCUT2D eigenvalue weighted by atomic mass is 127. The molecule has 158 valence electrons. The number of aryl methyl sites for hydroxylation is 1. The van der Waals surface area contributed by atoms with Crippen molar-refractivity contribution in [3.8, 4) is 0 Å². The highest BCUT2D eigenvalue weighted by Gasteiger charge is 2.57. The van der Waals surface area contributed by atoms with Gasteiger partial charge in [-0.2, -0.15) is 24.9 Å². The first-order valence-electron chi connectivity index (χ1n) is 8.31. The normalized spacial score (nSPS) is 15.1. The Bertz CT molecular complexity index is 609. The van der Waals surface area contributed by atoms with Crippen LogP contribution >= 0.6 is 35.7 Å². The second-order valence-corrected chi connectivity index (χ2v) is 8.07. The van der Waals surface area contributed by atoms with Gasteiger partial charge >= 0.3 is 6.18 Å². The molecule has 6 nitrogen and oxygen atoms in total. The number of alkyl halides is 3. The molecule has 0 saturated carbocycles. The molecule has 11 heteroatoms. The van der Waals surface area contributed by atoms with Gasteiger partial charge in [-0.05, 0) is 27.0 Å². The summed E-state index contributed by atoms with van der Waals surface area (Å²) in [5.74, 6) is -0.0174. The van der Waals surface area contributed by atoms with Gasteiger partial charge in [-0.3, -0.25) is 4.99 Å². The van der Waals surface area contributed by atoms with Crippen LogP contribution in [0.4, 0.5) is 13.2 Å². The van der Waals surface area contributed by atoms with Crippen LogP contribution in [0.1, 0.15) is 33.0 Å². The Kier molecular flexibility index (Phi) is 10.5. The lowest BCUT2D eigenvalue weighted by Crippen LogP contribution is -2.48. The zero-order chi connectivity index (χ0) is 20.0. The number of hydrogen-bond donors (Lipinski definition) is 3. The summed E-state index contributed by atoms with van der Waals surface area (Å²) in [4.78, 5) is 8.09. The van der Waals surface area contributed by atoms with E-state index in [9.17, 15) is 18.3 Å². The third-order valence-corrected chi connectivity index (χ3v) is 5.19. The number of aromatic nitrogens is 2. The summed E-state index contributed by atoms with van der Waals surface area (Å²) >= 11 is 1.66. The molecule has 0 saturated heterocycles. The van der Waals surface area contributed by atoms with Crippen LogP contribution < -0.4 is 10.6 Å². The summed E-state index contributed by atoms with van der Waals surface area (Å²) in [5, 5.41) is 16.2. The fourth-order valence-electron chi connectivity index (χ4n) is 2.18. The number of hydrogen-bond acceptors (Lipinski definition) is 4. The lowest BCUT2D eigenvalue weighted by molar-refractivity contribution is -0.272. The van der Waals surface area contributed by atoms with Crippen molar-refractivity contribution in [1.29, 1.82) is 0 Å². The molecule has 1 heterocycles. The monoisotopic (exact) mass is 523 g/mol. The maximum Gasteiger partial charge on any atom is 0.424 e. The van der Waals surface area contributed by atoms with Crippen LogP contribution in [0.5, 0.6) is 0 Å². The van der Waals surface area contributed by atoms with E-state index in [1.807, 2.05) is 27.0 Å². The highest BCUT2D eigenvalue weighted by molar-refractivity contribution is 14.0. The van der Waals surface area contributed by atoms with Crippen LogP contribution in [0.25, 0.3) is 0 Å². The number of nitrogens with one attached hydrogen (secondary N) is 2. The van der Waals surface area contributed by atoms with Gasteiger partial charge in [0.2, 0.25) is 5.60 Å². The Morgan fingerprint density at radius 3 is 2.41 bits per heavy atom. The number of nitrogens with zero attached hydrogens (tertiary/aromatic N) is 3. The third kappa shape index (κ3) is 7.33. The van der Waals surface area contributed by atoms with Gasteiger partial charge in [0, 0.05) is 43.7 Å². The van der Waals surface area contributed by atoms with Crippen molar-refractivity contribution in [2.75, 3.05) is 25.9 Å². The Morgan fingerprint density at radius 1 is 1.33 bits per heavy atom. The first-order chi connectivity index (χ1) is 12.0. The third-order valence-electron chi connectivity index (χ3n) is 3.95. The zero-order valence-corrected chi connectivity index (χ0v) is 19.4. The molecule has 0 bridgehead atoms. The van der Waals surface area contributed by atoms with Gasteiger partial charge in [-0.1, -0.05) is 0 Å². The molecule has 1 atom stereocenters. The van der Waals surface area contributed by atoms with Crippen molar-refractivity contribution in [3.05, 3.63) is 18.2 Å². The number of imidazole rings is 1. The van der Waals surface area contributed by atoms with Gasteiger partial charge in [0.1, 0.15) is 5.82 Å². The number of halogens is 4. The number of aliphatic imine (C=N–C) groups is 1. The minimum absolute atomic E-state index is 0. The minimum Gasteiger partial charge on any atom is -0.374 e. The van der Waals surface area contributed by atoms with E-state index in [-0.39, 0.29) is 35.3 Å². The maximum atomic E-state index is 13.5. The number of thioether (sulfide) groups is 1. The van der Waals surface area contributed by atoms with E-state index in [1.165, 1.54) is 24.0 Å². The largest absolute Gasteiger partial charge is 0.424 e. The van der Waals surface area contributed by atoms with Crippen LogP contribution in [0.2, 0.25) is 0 Å². The Labute approximate surface area is 179 Å². The van der Waals surface area contributed by atoms with E-state index in [2.05, 4.69) is 20.6 Å². The molecule has 0 aromatic carbocycles. The lowest BCUT2D eigenvalue weighted by atomic mass is 9.97. The van der Waals surface area contributed by atoms with Crippen LogP contribution in [0.3, 0.4) is 0 Å². The molecule has 0 aliphatic heterocycles. The predicted octanol–water partition coefficient (Wildman–Crippen LogP) is 2.87. The van der Waals surface area contributed by atoms with Gasteiger partial charge in [0.25, 0.3) is 0 Å². The summed E-state index contributed by atoms with van der Waals surface area (Å²) in [6, 6.07) is 0. The molecule has 1 aromatic heterocycles. The Morgan fingerprint density at radius 2 is 1.96 bits per heavy atom. The molecule has 0 radical (unpaired) electrons. The molecule has 0 spiro atoms. The first-order valence-corrected chi connectivity index (χ1v) is 9.53. The van der Waals surface area contributed by atoms with Crippen LogP contribution in [0, 0.1) is 0 Å². The van der Waals surface area contributed by atoms with Crippen LogP contribution in [-0.2, 0) is 12.6 Å². The zero-order valence-electron chi connectivity index (χ0n) is 16.2. The molecule has 0 fully saturated rings. The second-order valence-electron chi connectivity index (χ2n) is 6.56. The van der Waals surface area contributed by atoms with Crippen molar-refractivity contribution in [2.45, 2.75) is 43.7 Å². The number of guanidine groups is 1. The maximum absolute atomic E-state index is 13.5. The topological polar surface area (TPSA) is 74.5 Å². The van der Waals surface area contributed by atoms with Gasteiger partial charge in [0.15, 0.2) is 5.96 Å². The van der Waals surface area contributed by atoms with E-state index >= 15 is 0 Å². The predicted molar refractivity (Wildman–Crippen MR) is 115 cm³/mol. The summed E-state index contributed by atoms with van der Waals surface area (Å²) in [7, 11) is 1.42. The Balaban J connectivity index is 0.00000676. The van der Waals surface area contributed by atoms with Gasteiger partial charge in [0.05, 0.1) is 6.54 Å². The van der Waals surface area contributed by atoms with E-state index in [1.54, 1.807) is 11.8 Å². The molecular formula is C16H29F3IN5OS. The van der Waals surface area contributed by atoms with E-state index < -0.39 is 24.0 Å². The van der Waals surface area contributed by atoms with E-state index in [0.29, 0.717) is 19.0 Å².